The first-order valence-corrected chi connectivity index (χ1v) is 6.83. The molecule has 0 aromatic heterocycles. The number of hydrogen-bond acceptors (Lipinski definition) is 3. The van der Waals surface area contributed by atoms with Crippen molar-refractivity contribution < 1.29 is 19.4 Å². The highest BCUT2D eigenvalue weighted by atomic mass is 35.5. The van der Waals surface area contributed by atoms with Gasteiger partial charge < -0.3 is 9.84 Å². The smallest absolute Gasteiger partial charge is 0.411 e. The van der Waals surface area contributed by atoms with Gasteiger partial charge in [-0.3, -0.25) is 4.90 Å². The minimum absolute atomic E-state index is 0.228. The van der Waals surface area contributed by atoms with Crippen LogP contribution in [0.4, 0.5) is 4.79 Å². The van der Waals surface area contributed by atoms with Crippen molar-refractivity contribution in [2.45, 2.75) is 49.6 Å². The molecule has 1 N–H and O–H groups in total. The Morgan fingerprint density at radius 3 is 2.26 bits per heavy atom. The van der Waals surface area contributed by atoms with E-state index in [0.717, 1.165) is 0 Å². The summed E-state index contributed by atoms with van der Waals surface area (Å²) in [5.41, 5.74) is -1.17. The third-order valence-corrected chi connectivity index (χ3v) is 4.63. The molecule has 1 unspecified atom stereocenters. The van der Waals surface area contributed by atoms with Crippen molar-refractivity contribution in [1.29, 1.82) is 0 Å². The van der Waals surface area contributed by atoms with E-state index in [4.69, 9.17) is 27.9 Å². The zero-order chi connectivity index (χ0) is 14.6. The number of rotatable bonds is 1. The van der Waals surface area contributed by atoms with Crippen molar-refractivity contribution in [3.8, 4) is 0 Å². The van der Waals surface area contributed by atoms with Gasteiger partial charge in [0.2, 0.25) is 0 Å². The zero-order valence-electron chi connectivity index (χ0n) is 11.1. The molecule has 1 saturated heterocycles. The Labute approximate surface area is 121 Å². The van der Waals surface area contributed by atoms with Crippen LogP contribution in [0.25, 0.3) is 0 Å². The molecule has 0 aromatic rings. The largest absolute Gasteiger partial charge is 0.480 e. The Morgan fingerprint density at radius 1 is 1.37 bits per heavy atom. The van der Waals surface area contributed by atoms with Crippen LogP contribution in [-0.4, -0.2) is 44.6 Å². The summed E-state index contributed by atoms with van der Waals surface area (Å²) in [6, 6.07) is -0.922. The Balaban J connectivity index is 2.15. The molecule has 7 heteroatoms. The van der Waals surface area contributed by atoms with Crippen LogP contribution in [0.1, 0.15) is 33.6 Å². The van der Waals surface area contributed by atoms with Crippen LogP contribution in [0.5, 0.6) is 0 Å². The van der Waals surface area contributed by atoms with Crippen molar-refractivity contribution >= 4 is 35.3 Å². The third-order valence-electron chi connectivity index (χ3n) is 3.56. The van der Waals surface area contributed by atoms with Crippen LogP contribution < -0.4 is 0 Å². The highest BCUT2D eigenvalue weighted by Gasteiger charge is 2.71. The number of carbonyl (C=O) groups is 2. The monoisotopic (exact) mass is 309 g/mol. The number of hydrogen-bond donors (Lipinski definition) is 1. The van der Waals surface area contributed by atoms with Crippen LogP contribution in [0.3, 0.4) is 0 Å². The number of nitrogens with zero attached hydrogens (tertiary/aromatic N) is 1. The molecule has 2 aliphatic rings. The molecule has 1 saturated carbocycles. The Morgan fingerprint density at radius 2 is 1.89 bits per heavy atom. The number of amides is 1. The summed E-state index contributed by atoms with van der Waals surface area (Å²) >= 11 is 12.1. The number of aliphatic carboxylic acids is 1. The van der Waals surface area contributed by atoms with E-state index in [1.165, 1.54) is 4.90 Å². The molecule has 1 aliphatic carbocycles. The Hall–Kier alpha value is -0.680. The van der Waals surface area contributed by atoms with E-state index in [0.29, 0.717) is 6.42 Å². The van der Waals surface area contributed by atoms with Gasteiger partial charge in [0.15, 0.2) is 0 Å². The first-order valence-electron chi connectivity index (χ1n) is 6.08. The van der Waals surface area contributed by atoms with Crippen LogP contribution in [0.2, 0.25) is 0 Å². The number of carbonyl (C=O) groups excluding carboxylic acids is 1. The number of likely N-dealkylation sites (tertiary alicyclic amines) is 1. The number of halogens is 2. The van der Waals surface area contributed by atoms with Gasteiger partial charge in [0, 0.05) is 12.0 Å². The quantitative estimate of drug-likeness (QED) is 0.756. The van der Waals surface area contributed by atoms with Crippen LogP contribution >= 0.6 is 23.2 Å². The summed E-state index contributed by atoms with van der Waals surface area (Å²) in [6.45, 7) is 5.43. The van der Waals surface area contributed by atoms with Gasteiger partial charge in [-0.1, -0.05) is 0 Å². The molecule has 1 aliphatic heterocycles. The molecule has 2 fully saturated rings. The lowest BCUT2D eigenvalue weighted by Gasteiger charge is -2.26. The van der Waals surface area contributed by atoms with Gasteiger partial charge in [-0.05, 0) is 33.6 Å². The summed E-state index contributed by atoms with van der Waals surface area (Å²) in [6.07, 6.45) is 0.147. The lowest BCUT2D eigenvalue weighted by Crippen LogP contribution is -2.43. The van der Waals surface area contributed by atoms with Crippen molar-refractivity contribution in [2.24, 2.45) is 5.41 Å². The van der Waals surface area contributed by atoms with Gasteiger partial charge in [-0.2, -0.15) is 0 Å². The Kier molecular flexibility index (Phi) is 3.22. The summed E-state index contributed by atoms with van der Waals surface area (Å²) in [5, 5.41) is 9.23. The first-order chi connectivity index (χ1) is 8.47. The molecule has 108 valence electrons. The zero-order valence-corrected chi connectivity index (χ0v) is 12.6. The maximum absolute atomic E-state index is 12.1. The fourth-order valence-electron chi connectivity index (χ4n) is 2.49. The lowest BCUT2D eigenvalue weighted by molar-refractivity contribution is -0.142. The maximum atomic E-state index is 12.1. The number of carboxylic acid groups (broad SMARTS) is 1. The highest BCUT2D eigenvalue weighted by Crippen LogP contribution is 2.69. The molecule has 0 radical (unpaired) electrons. The van der Waals surface area contributed by atoms with Gasteiger partial charge in [0.1, 0.15) is 16.0 Å². The average Bonchev–Trinajstić information content (AvgIpc) is 2.55. The van der Waals surface area contributed by atoms with Gasteiger partial charge in [0.25, 0.3) is 0 Å². The van der Waals surface area contributed by atoms with E-state index in [1.807, 2.05) is 0 Å². The van der Waals surface area contributed by atoms with Crippen molar-refractivity contribution in [1.82, 2.24) is 4.90 Å². The minimum Gasteiger partial charge on any atom is -0.480 e. The van der Waals surface area contributed by atoms with E-state index < -0.39 is 33.5 Å². The van der Waals surface area contributed by atoms with E-state index >= 15 is 0 Å². The van der Waals surface area contributed by atoms with Crippen molar-refractivity contribution in [2.75, 3.05) is 6.54 Å². The molecule has 19 heavy (non-hydrogen) atoms. The molecule has 2 atom stereocenters. The van der Waals surface area contributed by atoms with E-state index in [9.17, 15) is 14.7 Å². The molecular weight excluding hydrogens is 293 g/mol. The second-order valence-electron chi connectivity index (χ2n) is 6.33. The van der Waals surface area contributed by atoms with Gasteiger partial charge >= 0.3 is 12.1 Å². The normalized spacial score (nSPS) is 32.5. The van der Waals surface area contributed by atoms with Crippen molar-refractivity contribution in [3.05, 3.63) is 0 Å². The van der Waals surface area contributed by atoms with Crippen molar-refractivity contribution in [3.63, 3.8) is 0 Å². The molecule has 1 heterocycles. The van der Waals surface area contributed by atoms with E-state index in [2.05, 4.69) is 0 Å². The number of ether oxygens (including phenoxy) is 1. The van der Waals surface area contributed by atoms with Gasteiger partial charge in [0.05, 0.1) is 0 Å². The second-order valence-corrected chi connectivity index (χ2v) is 7.81. The summed E-state index contributed by atoms with van der Waals surface area (Å²) in [4.78, 5) is 24.6. The number of carboxylic acids is 1. The maximum Gasteiger partial charge on any atom is 0.411 e. The lowest BCUT2D eigenvalue weighted by atomic mass is 10.0. The topological polar surface area (TPSA) is 66.8 Å². The summed E-state index contributed by atoms with van der Waals surface area (Å²) in [5.74, 6) is -1.06. The second kappa shape index (κ2) is 4.16. The summed E-state index contributed by atoms with van der Waals surface area (Å²) < 4.78 is 4.30. The molecule has 2 rings (SSSR count). The molecule has 1 amide bonds. The SMILES string of the molecule is CC(C)(C)OC(=O)N1CC2(C[C@H]1C(=O)O)CC2(Cl)Cl. The van der Waals surface area contributed by atoms with E-state index in [-0.39, 0.29) is 13.0 Å². The summed E-state index contributed by atoms with van der Waals surface area (Å²) in [7, 11) is 0. The molecule has 1 spiro atoms. The van der Waals surface area contributed by atoms with Crippen LogP contribution in [0, 0.1) is 5.41 Å². The third kappa shape index (κ3) is 2.63. The fourth-order valence-corrected chi connectivity index (χ4v) is 3.27. The minimum atomic E-state index is -1.06. The Bertz CT molecular complexity index is 432. The first kappa shape index (κ1) is 14.7. The fraction of sp³-hybridized carbons (Fsp3) is 0.833. The predicted octanol–water partition coefficient (Wildman–Crippen LogP) is 2.64. The van der Waals surface area contributed by atoms with Gasteiger partial charge in [-0.25, -0.2) is 9.59 Å². The standard InChI is InChI=1S/C12H17Cl2NO4/c1-10(2,3)19-9(18)15-6-11(5-12(11,13)14)4-7(15)8(16)17/h7H,4-6H2,1-3H3,(H,16,17)/t7-,11?/m0/s1. The molecule has 0 aromatic carbocycles. The number of alkyl halides is 2. The average molecular weight is 310 g/mol. The molecule has 5 nitrogen and oxygen atoms in total. The van der Waals surface area contributed by atoms with Gasteiger partial charge in [-0.15, -0.1) is 23.2 Å². The molecule has 0 bridgehead atoms. The van der Waals surface area contributed by atoms with Crippen LogP contribution in [-0.2, 0) is 9.53 Å². The molecular formula is C12H17Cl2NO4. The highest BCUT2D eigenvalue weighted by molar-refractivity contribution is 6.51. The van der Waals surface area contributed by atoms with E-state index in [1.54, 1.807) is 20.8 Å². The predicted molar refractivity (Wildman–Crippen MR) is 70.5 cm³/mol. The van der Waals surface area contributed by atoms with Crippen LogP contribution in [0.15, 0.2) is 0 Å².